The third kappa shape index (κ3) is 2.44. The van der Waals surface area contributed by atoms with E-state index in [0.717, 1.165) is 6.07 Å². The lowest BCUT2D eigenvalue weighted by atomic mass is 10.2. The van der Waals surface area contributed by atoms with Gasteiger partial charge in [-0.1, -0.05) is 0 Å². The number of hydrogen-bond donors (Lipinski definition) is 1. The van der Waals surface area contributed by atoms with E-state index in [4.69, 9.17) is 10.5 Å². The van der Waals surface area contributed by atoms with E-state index in [9.17, 15) is 21.6 Å². The standard InChI is InChI=1S/C10H10F3NO3S/c11-5-1-2-7(10(13)9(5)12)17-8-4-18(15,16)3-6(8)14/h1-2,6,8H,3-4,14H2. The number of halogens is 3. The lowest BCUT2D eigenvalue weighted by molar-refractivity contribution is 0.197. The molecule has 100 valence electrons. The summed E-state index contributed by atoms with van der Waals surface area (Å²) in [5, 5.41) is 0. The summed E-state index contributed by atoms with van der Waals surface area (Å²) in [5.74, 6) is -5.70. The maximum Gasteiger partial charge on any atom is 0.203 e. The number of sulfone groups is 1. The van der Waals surface area contributed by atoms with Crippen LogP contribution in [0.25, 0.3) is 0 Å². The van der Waals surface area contributed by atoms with Gasteiger partial charge in [0.2, 0.25) is 5.82 Å². The highest BCUT2D eigenvalue weighted by atomic mass is 32.2. The lowest BCUT2D eigenvalue weighted by Crippen LogP contribution is -2.37. The fourth-order valence-corrected chi connectivity index (χ4v) is 3.48. The third-order valence-corrected chi connectivity index (χ3v) is 4.35. The van der Waals surface area contributed by atoms with Crippen molar-refractivity contribution in [3.8, 4) is 5.75 Å². The highest BCUT2D eigenvalue weighted by molar-refractivity contribution is 7.91. The maximum atomic E-state index is 13.3. The van der Waals surface area contributed by atoms with Gasteiger partial charge in [0.05, 0.1) is 17.5 Å². The molecule has 0 radical (unpaired) electrons. The van der Waals surface area contributed by atoms with Crippen LogP contribution in [0.3, 0.4) is 0 Å². The molecule has 2 atom stereocenters. The molecule has 2 unspecified atom stereocenters. The van der Waals surface area contributed by atoms with Crippen molar-refractivity contribution in [3.05, 3.63) is 29.6 Å². The number of nitrogens with two attached hydrogens (primary N) is 1. The molecule has 0 bridgehead atoms. The molecule has 1 aromatic carbocycles. The molecule has 1 aliphatic rings. The van der Waals surface area contributed by atoms with Gasteiger partial charge in [-0.2, -0.15) is 4.39 Å². The molecule has 0 aliphatic carbocycles. The summed E-state index contributed by atoms with van der Waals surface area (Å²) in [6.45, 7) is 0. The fraction of sp³-hybridized carbons (Fsp3) is 0.400. The van der Waals surface area contributed by atoms with Gasteiger partial charge in [0, 0.05) is 0 Å². The van der Waals surface area contributed by atoms with Crippen molar-refractivity contribution in [1.82, 2.24) is 0 Å². The van der Waals surface area contributed by atoms with Crippen LogP contribution in [0.5, 0.6) is 5.75 Å². The minimum Gasteiger partial charge on any atom is -0.485 e. The normalized spacial score (nSPS) is 26.2. The van der Waals surface area contributed by atoms with E-state index in [1.165, 1.54) is 0 Å². The van der Waals surface area contributed by atoms with Crippen molar-refractivity contribution in [1.29, 1.82) is 0 Å². The Morgan fingerprint density at radius 3 is 2.39 bits per heavy atom. The second-order valence-electron chi connectivity index (χ2n) is 4.07. The van der Waals surface area contributed by atoms with Gasteiger partial charge in [0.25, 0.3) is 0 Å². The predicted molar refractivity (Wildman–Crippen MR) is 57.4 cm³/mol. The summed E-state index contributed by atoms with van der Waals surface area (Å²) in [4.78, 5) is 0. The summed E-state index contributed by atoms with van der Waals surface area (Å²) in [5.41, 5.74) is 5.53. The molecule has 8 heteroatoms. The van der Waals surface area contributed by atoms with Crippen LogP contribution in [0, 0.1) is 17.5 Å². The highest BCUT2D eigenvalue weighted by Gasteiger charge is 2.37. The molecular weight excluding hydrogens is 271 g/mol. The van der Waals surface area contributed by atoms with Gasteiger partial charge in [-0.05, 0) is 12.1 Å². The SMILES string of the molecule is NC1CS(=O)(=O)CC1Oc1ccc(F)c(F)c1F. The zero-order valence-corrected chi connectivity index (χ0v) is 9.88. The Labute approximate surface area is 101 Å². The summed E-state index contributed by atoms with van der Waals surface area (Å²) >= 11 is 0. The van der Waals surface area contributed by atoms with Crippen LogP contribution in [0.1, 0.15) is 0 Å². The first-order chi connectivity index (χ1) is 8.30. The van der Waals surface area contributed by atoms with Crippen LogP contribution in [-0.4, -0.2) is 32.1 Å². The summed E-state index contributed by atoms with van der Waals surface area (Å²) in [6.07, 6.45) is -0.964. The Balaban J connectivity index is 2.23. The molecule has 1 aliphatic heterocycles. The van der Waals surface area contributed by atoms with E-state index in [0.29, 0.717) is 6.07 Å². The molecule has 4 nitrogen and oxygen atoms in total. The minimum absolute atomic E-state index is 0.275. The number of hydrogen-bond acceptors (Lipinski definition) is 4. The van der Waals surface area contributed by atoms with E-state index in [-0.39, 0.29) is 11.5 Å². The third-order valence-electron chi connectivity index (χ3n) is 2.62. The van der Waals surface area contributed by atoms with Gasteiger partial charge in [0.15, 0.2) is 27.2 Å². The van der Waals surface area contributed by atoms with Crippen molar-refractivity contribution in [2.24, 2.45) is 5.73 Å². The van der Waals surface area contributed by atoms with E-state index >= 15 is 0 Å². The Kier molecular flexibility index (Phi) is 3.24. The smallest absolute Gasteiger partial charge is 0.203 e. The molecule has 2 rings (SSSR count). The molecule has 0 aromatic heterocycles. The van der Waals surface area contributed by atoms with E-state index in [2.05, 4.69) is 0 Å². The first kappa shape index (κ1) is 13.2. The minimum atomic E-state index is -3.34. The Bertz CT molecular complexity index is 576. The largest absolute Gasteiger partial charge is 0.485 e. The van der Waals surface area contributed by atoms with E-state index in [1.54, 1.807) is 0 Å². The second kappa shape index (κ2) is 4.43. The molecule has 0 saturated carbocycles. The van der Waals surface area contributed by atoms with Gasteiger partial charge in [-0.25, -0.2) is 17.2 Å². The van der Waals surface area contributed by atoms with Crippen molar-refractivity contribution >= 4 is 9.84 Å². The average molecular weight is 281 g/mol. The molecule has 0 amide bonds. The van der Waals surface area contributed by atoms with Crippen molar-refractivity contribution in [3.63, 3.8) is 0 Å². The van der Waals surface area contributed by atoms with Crippen molar-refractivity contribution in [2.75, 3.05) is 11.5 Å². The maximum absolute atomic E-state index is 13.3. The summed E-state index contributed by atoms with van der Waals surface area (Å²) < 4.78 is 66.4. The van der Waals surface area contributed by atoms with Gasteiger partial charge in [0.1, 0.15) is 6.10 Å². The fourth-order valence-electron chi connectivity index (χ4n) is 1.73. The molecule has 1 heterocycles. The second-order valence-corrected chi connectivity index (χ2v) is 6.22. The van der Waals surface area contributed by atoms with Crippen LogP contribution >= 0.6 is 0 Å². The zero-order chi connectivity index (χ0) is 13.5. The van der Waals surface area contributed by atoms with Crippen LogP contribution in [-0.2, 0) is 9.84 Å². The number of rotatable bonds is 2. The van der Waals surface area contributed by atoms with Crippen molar-refractivity contribution in [2.45, 2.75) is 12.1 Å². The first-order valence-electron chi connectivity index (χ1n) is 5.06. The van der Waals surface area contributed by atoms with Crippen LogP contribution in [0.4, 0.5) is 13.2 Å². The van der Waals surface area contributed by atoms with Crippen LogP contribution in [0.2, 0.25) is 0 Å². The Morgan fingerprint density at radius 1 is 1.17 bits per heavy atom. The molecule has 1 fully saturated rings. The molecule has 1 aromatic rings. The zero-order valence-electron chi connectivity index (χ0n) is 9.07. The molecular formula is C10H10F3NO3S. The van der Waals surface area contributed by atoms with E-state index < -0.39 is 45.2 Å². The van der Waals surface area contributed by atoms with Gasteiger partial charge < -0.3 is 10.5 Å². The van der Waals surface area contributed by atoms with Gasteiger partial charge >= 0.3 is 0 Å². The molecule has 0 spiro atoms. The Hall–Kier alpha value is -1.28. The molecule has 2 N–H and O–H groups in total. The van der Waals surface area contributed by atoms with E-state index in [1.807, 2.05) is 0 Å². The lowest BCUT2D eigenvalue weighted by Gasteiger charge is -2.16. The molecule has 18 heavy (non-hydrogen) atoms. The predicted octanol–water partition coefficient (Wildman–Crippen LogP) is 0.607. The van der Waals surface area contributed by atoms with Crippen molar-refractivity contribution < 1.29 is 26.3 Å². The first-order valence-corrected chi connectivity index (χ1v) is 6.88. The van der Waals surface area contributed by atoms with Crippen LogP contribution in [0.15, 0.2) is 12.1 Å². The number of benzene rings is 1. The topological polar surface area (TPSA) is 69.4 Å². The average Bonchev–Trinajstić information content (AvgIpc) is 2.53. The quantitative estimate of drug-likeness (QED) is 0.806. The summed E-state index contributed by atoms with van der Waals surface area (Å²) in [7, 11) is -3.34. The van der Waals surface area contributed by atoms with Crippen LogP contribution < -0.4 is 10.5 Å². The monoisotopic (exact) mass is 281 g/mol. The Morgan fingerprint density at radius 2 is 1.83 bits per heavy atom. The van der Waals surface area contributed by atoms with Gasteiger partial charge in [-0.15, -0.1) is 0 Å². The molecule has 1 saturated heterocycles. The highest BCUT2D eigenvalue weighted by Crippen LogP contribution is 2.25. The summed E-state index contributed by atoms with van der Waals surface area (Å²) in [6, 6.07) is 0.774. The number of ether oxygens (including phenoxy) is 1. The van der Waals surface area contributed by atoms with Gasteiger partial charge in [-0.3, -0.25) is 0 Å².